The number of furan rings is 1. The lowest BCUT2D eigenvalue weighted by Crippen LogP contribution is -2.39. The zero-order valence-corrected chi connectivity index (χ0v) is 17.6. The zero-order chi connectivity index (χ0) is 21.1. The Labute approximate surface area is 176 Å². The Balaban J connectivity index is 1.55. The summed E-state index contributed by atoms with van der Waals surface area (Å²) in [4.78, 5) is 12.8. The molecule has 0 unspecified atom stereocenters. The Morgan fingerprint density at radius 2 is 1.73 bits per heavy atom. The second-order valence-corrected chi connectivity index (χ2v) is 7.75. The van der Waals surface area contributed by atoms with Crippen molar-refractivity contribution in [2.75, 3.05) is 27.9 Å². The van der Waals surface area contributed by atoms with E-state index in [4.69, 9.17) is 18.6 Å². The molecule has 6 heteroatoms. The van der Waals surface area contributed by atoms with Crippen molar-refractivity contribution in [2.24, 2.45) is 0 Å². The van der Waals surface area contributed by atoms with E-state index < -0.39 is 0 Å². The third-order valence-corrected chi connectivity index (χ3v) is 6.09. The molecule has 1 amide bonds. The summed E-state index contributed by atoms with van der Waals surface area (Å²) in [6.07, 6.45) is 4.30. The summed E-state index contributed by atoms with van der Waals surface area (Å²) in [5.41, 5.74) is 1.70. The topological polar surface area (TPSA) is 69.9 Å². The van der Waals surface area contributed by atoms with Crippen molar-refractivity contribution in [2.45, 2.75) is 31.1 Å². The standard InChI is InChI=1S/C24H27NO5/c1-27-18-7-9-19-16(12-18)13-22(30-19)23(26)25-15-24(10-4-5-11-24)17-6-8-20(28-2)21(14-17)29-3/h6-9,12-14H,4-5,10-11,15H2,1-3H3,(H,25,26). The Morgan fingerprint density at radius 3 is 2.43 bits per heavy atom. The molecule has 1 heterocycles. The highest BCUT2D eigenvalue weighted by molar-refractivity contribution is 5.96. The van der Waals surface area contributed by atoms with Gasteiger partial charge in [0.1, 0.15) is 11.3 Å². The van der Waals surface area contributed by atoms with Crippen LogP contribution in [0.5, 0.6) is 17.2 Å². The minimum atomic E-state index is -0.211. The van der Waals surface area contributed by atoms with E-state index in [9.17, 15) is 4.79 Å². The maximum atomic E-state index is 12.8. The molecule has 4 rings (SSSR count). The fraction of sp³-hybridized carbons (Fsp3) is 0.375. The van der Waals surface area contributed by atoms with Gasteiger partial charge >= 0.3 is 0 Å². The van der Waals surface area contributed by atoms with Gasteiger partial charge in [-0.05, 0) is 54.8 Å². The van der Waals surface area contributed by atoms with Crippen LogP contribution in [0, 0.1) is 0 Å². The highest BCUT2D eigenvalue weighted by Crippen LogP contribution is 2.43. The molecule has 1 aromatic heterocycles. The molecule has 2 aromatic carbocycles. The van der Waals surface area contributed by atoms with Gasteiger partial charge < -0.3 is 23.9 Å². The van der Waals surface area contributed by atoms with Gasteiger partial charge in [-0.1, -0.05) is 18.9 Å². The molecule has 6 nitrogen and oxygen atoms in total. The molecule has 0 spiro atoms. The molecule has 30 heavy (non-hydrogen) atoms. The fourth-order valence-electron chi connectivity index (χ4n) is 4.38. The van der Waals surface area contributed by atoms with Gasteiger partial charge in [0, 0.05) is 17.3 Å². The number of amides is 1. The van der Waals surface area contributed by atoms with Crippen molar-refractivity contribution < 1.29 is 23.4 Å². The maximum absolute atomic E-state index is 12.8. The van der Waals surface area contributed by atoms with Gasteiger partial charge in [0.15, 0.2) is 17.3 Å². The van der Waals surface area contributed by atoms with E-state index in [2.05, 4.69) is 11.4 Å². The number of benzene rings is 2. The summed E-state index contributed by atoms with van der Waals surface area (Å²) in [7, 11) is 4.89. The Bertz CT molecular complexity index is 1050. The zero-order valence-electron chi connectivity index (χ0n) is 17.6. The van der Waals surface area contributed by atoms with Crippen LogP contribution >= 0.6 is 0 Å². The lowest BCUT2D eigenvalue weighted by Gasteiger charge is -2.30. The number of carbonyl (C=O) groups is 1. The van der Waals surface area contributed by atoms with Gasteiger partial charge in [-0.25, -0.2) is 0 Å². The molecule has 1 saturated carbocycles. The van der Waals surface area contributed by atoms with Crippen molar-refractivity contribution >= 4 is 16.9 Å². The van der Waals surface area contributed by atoms with Crippen molar-refractivity contribution in [3.63, 3.8) is 0 Å². The first-order valence-corrected chi connectivity index (χ1v) is 10.2. The van der Waals surface area contributed by atoms with Gasteiger partial charge in [0.2, 0.25) is 0 Å². The third-order valence-electron chi connectivity index (χ3n) is 6.09. The van der Waals surface area contributed by atoms with E-state index in [1.807, 2.05) is 30.3 Å². The predicted octanol–water partition coefficient (Wildman–Crippen LogP) is 4.70. The summed E-state index contributed by atoms with van der Waals surface area (Å²) in [5.74, 6) is 2.24. The van der Waals surface area contributed by atoms with Crippen LogP contribution in [0.15, 0.2) is 46.9 Å². The predicted molar refractivity (Wildman–Crippen MR) is 115 cm³/mol. The summed E-state index contributed by atoms with van der Waals surface area (Å²) >= 11 is 0. The minimum absolute atomic E-state index is 0.121. The van der Waals surface area contributed by atoms with Crippen LogP contribution in [0.25, 0.3) is 11.0 Å². The molecule has 1 N–H and O–H groups in total. The molecule has 1 aliphatic rings. The number of fused-ring (bicyclic) bond motifs is 1. The van der Waals surface area contributed by atoms with E-state index >= 15 is 0 Å². The number of hydrogen-bond acceptors (Lipinski definition) is 5. The molecule has 1 fully saturated rings. The second kappa shape index (κ2) is 8.30. The normalized spacial score (nSPS) is 15.2. The first-order chi connectivity index (χ1) is 14.6. The summed E-state index contributed by atoms with van der Waals surface area (Å²) in [5, 5.41) is 3.94. The van der Waals surface area contributed by atoms with E-state index in [-0.39, 0.29) is 11.3 Å². The first kappa shape index (κ1) is 20.1. The number of rotatable bonds is 7. The van der Waals surface area contributed by atoms with Crippen molar-refractivity contribution in [3.8, 4) is 17.2 Å². The van der Waals surface area contributed by atoms with Gasteiger partial charge in [-0.3, -0.25) is 4.79 Å². The molecule has 0 radical (unpaired) electrons. The lowest BCUT2D eigenvalue weighted by atomic mass is 9.78. The van der Waals surface area contributed by atoms with Gasteiger partial charge in [-0.2, -0.15) is 0 Å². The molecule has 1 aliphatic carbocycles. The molecular weight excluding hydrogens is 382 g/mol. The SMILES string of the molecule is COc1ccc2oc(C(=O)NCC3(c4ccc(OC)c(OC)c4)CCCC3)cc2c1. The number of ether oxygens (including phenoxy) is 3. The van der Waals surface area contributed by atoms with E-state index in [1.165, 1.54) is 0 Å². The van der Waals surface area contributed by atoms with Gasteiger partial charge in [0.05, 0.1) is 21.3 Å². The molecular formula is C24H27NO5. The molecule has 3 aromatic rings. The average molecular weight is 409 g/mol. The van der Waals surface area contributed by atoms with Gasteiger partial charge in [0.25, 0.3) is 5.91 Å². The molecule has 0 aliphatic heterocycles. The quantitative estimate of drug-likeness (QED) is 0.612. The maximum Gasteiger partial charge on any atom is 0.287 e. The number of nitrogens with one attached hydrogen (secondary N) is 1. The smallest absolute Gasteiger partial charge is 0.287 e. The Hall–Kier alpha value is -3.15. The average Bonchev–Trinajstić information content (AvgIpc) is 3.44. The number of hydrogen-bond donors (Lipinski definition) is 1. The first-order valence-electron chi connectivity index (χ1n) is 10.2. The highest BCUT2D eigenvalue weighted by atomic mass is 16.5. The molecule has 158 valence electrons. The van der Waals surface area contributed by atoms with Crippen LogP contribution in [0.4, 0.5) is 0 Å². The van der Waals surface area contributed by atoms with Crippen LogP contribution in [-0.2, 0) is 5.41 Å². The van der Waals surface area contributed by atoms with Crippen molar-refractivity contribution in [1.29, 1.82) is 0 Å². The lowest BCUT2D eigenvalue weighted by molar-refractivity contribution is 0.0917. The summed E-state index contributed by atoms with van der Waals surface area (Å²) in [6, 6.07) is 13.3. The van der Waals surface area contributed by atoms with Crippen LogP contribution in [0.2, 0.25) is 0 Å². The largest absolute Gasteiger partial charge is 0.497 e. The molecule has 0 atom stereocenters. The second-order valence-electron chi connectivity index (χ2n) is 7.75. The van der Waals surface area contributed by atoms with Crippen molar-refractivity contribution in [1.82, 2.24) is 5.32 Å². The number of methoxy groups -OCH3 is 3. The Morgan fingerprint density at radius 1 is 0.967 bits per heavy atom. The third kappa shape index (κ3) is 3.70. The molecule has 0 saturated heterocycles. The molecule has 0 bridgehead atoms. The fourth-order valence-corrected chi connectivity index (χ4v) is 4.38. The highest BCUT2D eigenvalue weighted by Gasteiger charge is 2.36. The van der Waals surface area contributed by atoms with Crippen LogP contribution in [0.3, 0.4) is 0 Å². The van der Waals surface area contributed by atoms with Gasteiger partial charge in [-0.15, -0.1) is 0 Å². The Kier molecular flexibility index (Phi) is 5.57. The van der Waals surface area contributed by atoms with Crippen molar-refractivity contribution in [3.05, 3.63) is 53.8 Å². The van der Waals surface area contributed by atoms with Crippen LogP contribution < -0.4 is 19.5 Å². The van der Waals surface area contributed by atoms with Crippen LogP contribution in [-0.4, -0.2) is 33.8 Å². The van der Waals surface area contributed by atoms with E-state index in [0.29, 0.717) is 29.4 Å². The number of carbonyl (C=O) groups excluding carboxylic acids is 1. The van der Waals surface area contributed by atoms with E-state index in [1.54, 1.807) is 27.4 Å². The van der Waals surface area contributed by atoms with Crippen LogP contribution in [0.1, 0.15) is 41.8 Å². The monoisotopic (exact) mass is 409 g/mol. The summed E-state index contributed by atoms with van der Waals surface area (Å²) < 4.78 is 21.9. The summed E-state index contributed by atoms with van der Waals surface area (Å²) in [6.45, 7) is 0.543. The van der Waals surface area contributed by atoms with E-state index in [0.717, 1.165) is 42.4 Å². The minimum Gasteiger partial charge on any atom is -0.497 e.